The Morgan fingerprint density at radius 2 is 1.89 bits per heavy atom. The standard InChI is InChI=1S/C17H18ClN/c1-2-15-12-8-9-13(10-12)16(17(15)18)11-19-14-6-4-3-5-7-14/h2-7,11-13H,8-10H2,1H3/b15-2+,19-11?. The highest BCUT2D eigenvalue weighted by Gasteiger charge is 2.36. The zero-order valence-electron chi connectivity index (χ0n) is 11.1. The van der Waals surface area contributed by atoms with Gasteiger partial charge in [0.1, 0.15) is 0 Å². The Morgan fingerprint density at radius 1 is 1.16 bits per heavy atom. The Bertz CT molecular complexity index is 554. The van der Waals surface area contributed by atoms with Crippen LogP contribution < -0.4 is 0 Å². The summed E-state index contributed by atoms with van der Waals surface area (Å²) < 4.78 is 0. The van der Waals surface area contributed by atoms with Crippen molar-refractivity contribution < 1.29 is 0 Å². The number of benzene rings is 1. The first-order chi connectivity index (χ1) is 9.29. The predicted molar refractivity (Wildman–Crippen MR) is 82.1 cm³/mol. The molecule has 0 N–H and O–H groups in total. The number of hydrogen-bond donors (Lipinski definition) is 0. The number of para-hydroxylation sites is 1. The SMILES string of the molecule is C/C=C1/C(Cl)=C(C=Nc2ccccc2)C2CCC1C2. The molecule has 19 heavy (non-hydrogen) atoms. The van der Waals surface area contributed by atoms with E-state index >= 15 is 0 Å². The van der Waals surface area contributed by atoms with Gasteiger partial charge in [-0.15, -0.1) is 0 Å². The van der Waals surface area contributed by atoms with Gasteiger partial charge in [0.2, 0.25) is 0 Å². The minimum atomic E-state index is 0.605. The van der Waals surface area contributed by atoms with Crippen molar-refractivity contribution in [2.24, 2.45) is 16.8 Å². The zero-order chi connectivity index (χ0) is 13.2. The summed E-state index contributed by atoms with van der Waals surface area (Å²) >= 11 is 6.56. The summed E-state index contributed by atoms with van der Waals surface area (Å²) in [5.41, 5.74) is 3.54. The highest BCUT2D eigenvalue weighted by molar-refractivity contribution is 6.34. The number of halogens is 1. The molecule has 1 saturated carbocycles. The number of hydrogen-bond acceptors (Lipinski definition) is 1. The Hall–Kier alpha value is -1.34. The molecular formula is C17H18ClN. The van der Waals surface area contributed by atoms with E-state index in [9.17, 15) is 0 Å². The number of aliphatic imine (C=N–C) groups is 1. The fraction of sp³-hybridized carbons (Fsp3) is 0.353. The van der Waals surface area contributed by atoms with Gasteiger partial charge < -0.3 is 0 Å². The van der Waals surface area contributed by atoms with Crippen LogP contribution in [-0.2, 0) is 0 Å². The minimum absolute atomic E-state index is 0.605. The van der Waals surface area contributed by atoms with Crippen LogP contribution >= 0.6 is 11.6 Å². The summed E-state index contributed by atoms with van der Waals surface area (Å²) in [4.78, 5) is 4.57. The second kappa shape index (κ2) is 5.34. The number of rotatable bonds is 2. The van der Waals surface area contributed by atoms with Gasteiger partial charge in [0.05, 0.1) is 5.69 Å². The van der Waals surface area contributed by atoms with Gasteiger partial charge in [0, 0.05) is 11.2 Å². The Morgan fingerprint density at radius 3 is 2.63 bits per heavy atom. The molecule has 0 saturated heterocycles. The third kappa shape index (κ3) is 2.40. The topological polar surface area (TPSA) is 12.4 Å². The van der Waals surface area contributed by atoms with Crippen molar-refractivity contribution in [2.75, 3.05) is 0 Å². The van der Waals surface area contributed by atoms with Gasteiger partial charge in [-0.25, -0.2) is 0 Å². The van der Waals surface area contributed by atoms with Crippen LogP contribution in [0.3, 0.4) is 0 Å². The van der Waals surface area contributed by atoms with Crippen LogP contribution in [0, 0.1) is 11.8 Å². The van der Waals surface area contributed by atoms with Crippen molar-refractivity contribution in [3.05, 3.63) is 52.6 Å². The molecule has 2 aliphatic rings. The molecule has 1 aromatic rings. The molecule has 0 radical (unpaired) electrons. The number of allylic oxidation sites excluding steroid dienone is 4. The van der Waals surface area contributed by atoms with E-state index in [1.807, 2.05) is 36.5 Å². The van der Waals surface area contributed by atoms with Gasteiger partial charge >= 0.3 is 0 Å². The molecule has 2 aliphatic carbocycles. The fourth-order valence-corrected chi connectivity index (χ4v) is 3.72. The normalized spacial score (nSPS) is 28.6. The third-order valence-electron chi connectivity index (χ3n) is 4.24. The molecule has 0 aromatic heterocycles. The van der Waals surface area contributed by atoms with Gasteiger partial charge in [-0.3, -0.25) is 4.99 Å². The quantitative estimate of drug-likeness (QED) is 0.651. The van der Waals surface area contributed by atoms with Crippen molar-refractivity contribution in [1.29, 1.82) is 0 Å². The third-order valence-corrected chi connectivity index (χ3v) is 4.68. The molecule has 2 unspecified atom stereocenters. The van der Waals surface area contributed by atoms with Crippen molar-refractivity contribution in [1.82, 2.24) is 0 Å². The van der Waals surface area contributed by atoms with Gasteiger partial charge in [-0.05, 0) is 61.3 Å². The second-order valence-electron chi connectivity index (χ2n) is 5.31. The van der Waals surface area contributed by atoms with Crippen molar-refractivity contribution in [2.45, 2.75) is 26.2 Å². The fourth-order valence-electron chi connectivity index (χ4n) is 3.25. The lowest BCUT2D eigenvalue weighted by atomic mass is 9.85. The van der Waals surface area contributed by atoms with E-state index in [2.05, 4.69) is 18.0 Å². The minimum Gasteiger partial charge on any atom is -0.257 e. The van der Waals surface area contributed by atoms with E-state index < -0.39 is 0 Å². The van der Waals surface area contributed by atoms with E-state index in [4.69, 9.17) is 11.6 Å². The highest BCUT2D eigenvalue weighted by atomic mass is 35.5. The van der Waals surface area contributed by atoms with E-state index in [-0.39, 0.29) is 0 Å². The summed E-state index contributed by atoms with van der Waals surface area (Å²) in [5, 5.41) is 0.945. The van der Waals surface area contributed by atoms with Crippen LogP contribution in [0.5, 0.6) is 0 Å². The van der Waals surface area contributed by atoms with E-state index in [1.54, 1.807) is 0 Å². The smallest absolute Gasteiger partial charge is 0.0629 e. The first-order valence-corrected chi connectivity index (χ1v) is 7.32. The molecule has 0 aliphatic heterocycles. The van der Waals surface area contributed by atoms with E-state index in [1.165, 1.54) is 30.4 Å². The lowest BCUT2D eigenvalue weighted by Gasteiger charge is -2.23. The zero-order valence-corrected chi connectivity index (χ0v) is 11.9. The Kier molecular flexibility index (Phi) is 3.56. The van der Waals surface area contributed by atoms with Crippen molar-refractivity contribution >= 4 is 23.5 Å². The van der Waals surface area contributed by atoms with Crippen molar-refractivity contribution in [3.8, 4) is 0 Å². The number of nitrogens with zero attached hydrogens (tertiary/aromatic N) is 1. The first kappa shape index (κ1) is 12.7. The van der Waals surface area contributed by atoms with E-state index in [0.717, 1.165) is 10.7 Å². The molecular weight excluding hydrogens is 254 g/mol. The Balaban J connectivity index is 1.93. The Labute approximate surface area is 119 Å². The molecule has 0 amide bonds. The van der Waals surface area contributed by atoms with Gasteiger partial charge in [0.25, 0.3) is 0 Å². The maximum absolute atomic E-state index is 6.56. The average molecular weight is 272 g/mol. The largest absolute Gasteiger partial charge is 0.257 e. The average Bonchev–Trinajstić information content (AvgIpc) is 2.86. The maximum Gasteiger partial charge on any atom is 0.0629 e. The maximum atomic E-state index is 6.56. The molecule has 2 atom stereocenters. The van der Waals surface area contributed by atoms with Crippen molar-refractivity contribution in [3.63, 3.8) is 0 Å². The van der Waals surface area contributed by atoms with Crippen LogP contribution in [0.4, 0.5) is 5.69 Å². The lowest BCUT2D eigenvalue weighted by Crippen LogP contribution is -2.12. The van der Waals surface area contributed by atoms with Crippen LogP contribution in [0.15, 0.2) is 57.6 Å². The van der Waals surface area contributed by atoms with E-state index in [0.29, 0.717) is 11.8 Å². The molecule has 2 heteroatoms. The summed E-state index contributed by atoms with van der Waals surface area (Å²) in [5.74, 6) is 1.28. The molecule has 98 valence electrons. The monoisotopic (exact) mass is 271 g/mol. The summed E-state index contributed by atoms with van der Waals surface area (Å²) in [6, 6.07) is 10.0. The van der Waals surface area contributed by atoms with Crippen LogP contribution in [0.2, 0.25) is 0 Å². The summed E-state index contributed by atoms with van der Waals surface area (Å²) in [7, 11) is 0. The molecule has 1 nitrogen and oxygen atoms in total. The molecule has 1 fully saturated rings. The second-order valence-corrected chi connectivity index (χ2v) is 5.69. The molecule has 1 aromatic carbocycles. The summed E-state index contributed by atoms with van der Waals surface area (Å²) in [6.07, 6.45) is 7.90. The predicted octanol–water partition coefficient (Wildman–Crippen LogP) is 5.26. The molecule has 0 spiro atoms. The molecule has 0 heterocycles. The molecule has 3 rings (SSSR count). The molecule has 2 bridgehead atoms. The highest BCUT2D eigenvalue weighted by Crippen LogP contribution is 2.48. The van der Waals surface area contributed by atoms with Crippen LogP contribution in [0.1, 0.15) is 26.2 Å². The first-order valence-electron chi connectivity index (χ1n) is 6.95. The number of fused-ring (bicyclic) bond motifs is 2. The lowest BCUT2D eigenvalue weighted by molar-refractivity contribution is 0.587. The van der Waals surface area contributed by atoms with Crippen LogP contribution in [0.25, 0.3) is 0 Å². The van der Waals surface area contributed by atoms with Gasteiger partial charge in [-0.1, -0.05) is 35.9 Å². The summed E-state index contributed by atoms with van der Waals surface area (Å²) in [6.45, 7) is 2.09. The van der Waals surface area contributed by atoms with Gasteiger partial charge in [0.15, 0.2) is 0 Å². The van der Waals surface area contributed by atoms with Gasteiger partial charge in [-0.2, -0.15) is 0 Å². The van der Waals surface area contributed by atoms with Crippen LogP contribution in [-0.4, -0.2) is 6.21 Å².